The van der Waals surface area contributed by atoms with E-state index in [1.54, 1.807) is 0 Å². The van der Waals surface area contributed by atoms with Gasteiger partial charge in [-0.25, -0.2) is 19.0 Å². The molecule has 1 aromatic carbocycles. The average Bonchev–Trinajstić information content (AvgIpc) is 2.39. The Morgan fingerprint density at radius 3 is 2.15 bits per heavy atom. The second-order valence-electron chi connectivity index (χ2n) is 3.77. The van der Waals surface area contributed by atoms with Crippen LogP contribution in [0.15, 0.2) is 51.3 Å². The Bertz CT molecular complexity index is 792. The van der Waals surface area contributed by atoms with E-state index < -0.39 is 17.1 Å². The molecule has 2 rings (SSSR count). The SMILES string of the molecule is C=CC(=O)Nc1ccc(-n2c(=O)[nH]c(=O)[nH]c2=O)cc1. The van der Waals surface area contributed by atoms with Gasteiger partial charge in [-0.1, -0.05) is 6.58 Å². The maximum absolute atomic E-state index is 11.6. The van der Waals surface area contributed by atoms with Gasteiger partial charge in [0.05, 0.1) is 5.69 Å². The normalized spacial score (nSPS) is 10.0. The van der Waals surface area contributed by atoms with Gasteiger partial charge in [-0.15, -0.1) is 0 Å². The van der Waals surface area contributed by atoms with Crippen LogP contribution in [0.4, 0.5) is 5.69 Å². The largest absolute Gasteiger partial charge is 0.338 e. The van der Waals surface area contributed by atoms with Crippen LogP contribution in [-0.2, 0) is 4.79 Å². The number of hydrogen-bond acceptors (Lipinski definition) is 4. The van der Waals surface area contributed by atoms with Crippen LogP contribution in [0.1, 0.15) is 0 Å². The first-order chi connectivity index (χ1) is 9.51. The van der Waals surface area contributed by atoms with E-state index in [0.29, 0.717) is 5.69 Å². The molecular formula is C12H10N4O4. The third-order valence-electron chi connectivity index (χ3n) is 2.43. The minimum absolute atomic E-state index is 0.254. The smallest absolute Gasteiger partial charge is 0.323 e. The molecular weight excluding hydrogens is 264 g/mol. The van der Waals surface area contributed by atoms with E-state index in [1.165, 1.54) is 24.3 Å². The lowest BCUT2D eigenvalue weighted by molar-refractivity contribution is -0.111. The Kier molecular flexibility index (Phi) is 3.47. The molecule has 8 heteroatoms. The van der Waals surface area contributed by atoms with E-state index in [9.17, 15) is 19.2 Å². The molecule has 1 amide bonds. The van der Waals surface area contributed by atoms with Gasteiger partial charge in [0, 0.05) is 5.69 Å². The summed E-state index contributed by atoms with van der Waals surface area (Å²) in [5.74, 6) is -0.378. The summed E-state index contributed by atoms with van der Waals surface area (Å²) < 4.78 is 0.764. The molecule has 0 atom stereocenters. The number of benzene rings is 1. The van der Waals surface area contributed by atoms with E-state index in [0.717, 1.165) is 10.6 Å². The van der Waals surface area contributed by atoms with Gasteiger partial charge in [0.15, 0.2) is 0 Å². The molecule has 0 bridgehead atoms. The molecule has 0 fully saturated rings. The van der Waals surface area contributed by atoms with Gasteiger partial charge >= 0.3 is 17.1 Å². The average molecular weight is 274 g/mol. The fourth-order valence-electron chi connectivity index (χ4n) is 1.55. The summed E-state index contributed by atoms with van der Waals surface area (Å²) in [7, 11) is 0. The zero-order valence-electron chi connectivity index (χ0n) is 10.2. The first kappa shape index (κ1) is 13.3. The maximum Gasteiger partial charge on any atom is 0.338 e. The highest BCUT2D eigenvalue weighted by Crippen LogP contribution is 2.10. The second kappa shape index (κ2) is 5.22. The Morgan fingerprint density at radius 2 is 1.65 bits per heavy atom. The van der Waals surface area contributed by atoms with Crippen molar-refractivity contribution in [3.63, 3.8) is 0 Å². The lowest BCUT2D eigenvalue weighted by Crippen LogP contribution is -2.42. The Hall–Kier alpha value is -3.16. The number of anilines is 1. The number of aromatic amines is 2. The fraction of sp³-hybridized carbons (Fsp3) is 0. The number of carbonyl (C=O) groups is 1. The Balaban J connectivity index is 2.43. The molecule has 2 aromatic rings. The summed E-state index contributed by atoms with van der Waals surface area (Å²) in [5, 5.41) is 2.52. The zero-order valence-corrected chi connectivity index (χ0v) is 10.2. The maximum atomic E-state index is 11.6. The summed E-state index contributed by atoms with van der Waals surface area (Å²) in [6, 6.07) is 5.92. The van der Waals surface area contributed by atoms with Gasteiger partial charge < -0.3 is 5.32 Å². The molecule has 1 heterocycles. The molecule has 0 radical (unpaired) electrons. The lowest BCUT2D eigenvalue weighted by atomic mass is 10.2. The standard InChI is InChI=1S/C12H10N4O4/c1-2-9(17)13-7-3-5-8(6-4-7)16-11(19)14-10(18)15-12(16)20/h2-6H,1H2,(H,13,17)(H2,14,15,18,19,20). The molecule has 0 aliphatic rings. The molecule has 8 nitrogen and oxygen atoms in total. The summed E-state index contributed by atoms with van der Waals surface area (Å²) in [6.45, 7) is 3.32. The van der Waals surface area contributed by atoms with Crippen molar-refractivity contribution in [1.29, 1.82) is 0 Å². The van der Waals surface area contributed by atoms with E-state index in [-0.39, 0.29) is 11.6 Å². The minimum atomic E-state index is -0.869. The van der Waals surface area contributed by atoms with Crippen molar-refractivity contribution < 1.29 is 4.79 Å². The van der Waals surface area contributed by atoms with E-state index >= 15 is 0 Å². The molecule has 0 saturated carbocycles. The molecule has 1 aromatic heterocycles. The van der Waals surface area contributed by atoms with Gasteiger partial charge in [-0.05, 0) is 30.3 Å². The number of amides is 1. The number of carbonyl (C=O) groups excluding carboxylic acids is 1. The highest BCUT2D eigenvalue weighted by atomic mass is 16.2. The van der Waals surface area contributed by atoms with Gasteiger partial charge in [-0.3, -0.25) is 14.8 Å². The van der Waals surface area contributed by atoms with Gasteiger partial charge in [0.1, 0.15) is 0 Å². The van der Waals surface area contributed by atoms with Crippen LogP contribution in [0, 0.1) is 0 Å². The van der Waals surface area contributed by atoms with Crippen molar-refractivity contribution >= 4 is 11.6 Å². The van der Waals surface area contributed by atoms with Crippen LogP contribution in [0.2, 0.25) is 0 Å². The number of hydrogen-bond donors (Lipinski definition) is 3. The highest BCUT2D eigenvalue weighted by molar-refractivity contribution is 5.98. The Morgan fingerprint density at radius 1 is 1.10 bits per heavy atom. The van der Waals surface area contributed by atoms with Crippen LogP contribution in [0.5, 0.6) is 0 Å². The van der Waals surface area contributed by atoms with E-state index in [1.807, 2.05) is 9.97 Å². The molecule has 3 N–H and O–H groups in total. The molecule has 0 saturated heterocycles. The van der Waals surface area contributed by atoms with Crippen molar-refractivity contribution in [1.82, 2.24) is 14.5 Å². The third kappa shape index (κ3) is 2.64. The van der Waals surface area contributed by atoms with Crippen molar-refractivity contribution in [3.05, 3.63) is 68.4 Å². The van der Waals surface area contributed by atoms with Crippen molar-refractivity contribution in [2.45, 2.75) is 0 Å². The number of rotatable bonds is 3. The predicted molar refractivity (Wildman–Crippen MR) is 72.1 cm³/mol. The predicted octanol–water partition coefficient (Wildman–Crippen LogP) is -0.661. The molecule has 0 aliphatic heterocycles. The summed E-state index contributed by atoms with van der Waals surface area (Å²) in [6.07, 6.45) is 1.12. The molecule has 0 unspecified atom stereocenters. The van der Waals surface area contributed by atoms with Crippen LogP contribution in [-0.4, -0.2) is 20.4 Å². The van der Waals surface area contributed by atoms with Crippen molar-refractivity contribution in [2.75, 3.05) is 5.32 Å². The summed E-state index contributed by atoms with van der Waals surface area (Å²) in [5.41, 5.74) is -1.83. The summed E-state index contributed by atoms with van der Waals surface area (Å²) in [4.78, 5) is 49.1. The first-order valence-electron chi connectivity index (χ1n) is 5.51. The van der Waals surface area contributed by atoms with Crippen LogP contribution in [0.3, 0.4) is 0 Å². The van der Waals surface area contributed by atoms with Crippen molar-refractivity contribution in [3.8, 4) is 5.69 Å². The van der Waals surface area contributed by atoms with Gasteiger partial charge in [0.2, 0.25) is 5.91 Å². The number of H-pyrrole nitrogens is 2. The van der Waals surface area contributed by atoms with E-state index in [4.69, 9.17) is 0 Å². The first-order valence-corrected chi connectivity index (χ1v) is 5.51. The molecule has 0 aliphatic carbocycles. The van der Waals surface area contributed by atoms with Crippen LogP contribution < -0.4 is 22.4 Å². The zero-order chi connectivity index (χ0) is 14.7. The molecule has 20 heavy (non-hydrogen) atoms. The quantitative estimate of drug-likeness (QED) is 0.644. The lowest BCUT2D eigenvalue weighted by Gasteiger charge is -2.05. The monoisotopic (exact) mass is 274 g/mol. The Labute approximate surface area is 111 Å². The minimum Gasteiger partial charge on any atom is -0.323 e. The number of nitrogens with one attached hydrogen (secondary N) is 3. The van der Waals surface area contributed by atoms with Crippen LogP contribution >= 0.6 is 0 Å². The molecule has 0 spiro atoms. The van der Waals surface area contributed by atoms with Gasteiger partial charge in [0.25, 0.3) is 0 Å². The number of nitrogens with zero attached hydrogens (tertiary/aromatic N) is 1. The van der Waals surface area contributed by atoms with Crippen molar-refractivity contribution in [2.24, 2.45) is 0 Å². The topological polar surface area (TPSA) is 117 Å². The van der Waals surface area contributed by atoms with Crippen LogP contribution in [0.25, 0.3) is 5.69 Å². The second-order valence-corrected chi connectivity index (χ2v) is 3.77. The highest BCUT2D eigenvalue weighted by Gasteiger charge is 2.06. The molecule has 102 valence electrons. The third-order valence-corrected chi connectivity index (χ3v) is 2.43. The fourth-order valence-corrected chi connectivity index (χ4v) is 1.55. The van der Waals surface area contributed by atoms with Gasteiger partial charge in [-0.2, -0.15) is 0 Å². The summed E-state index contributed by atoms with van der Waals surface area (Å²) >= 11 is 0. The number of aromatic nitrogens is 3. The van der Waals surface area contributed by atoms with E-state index in [2.05, 4.69) is 11.9 Å².